The number of hydrogen-bond donors (Lipinski definition) is 1. The zero-order valence-electron chi connectivity index (χ0n) is 17.2. The van der Waals surface area contributed by atoms with Crippen molar-refractivity contribution in [1.29, 1.82) is 0 Å². The van der Waals surface area contributed by atoms with Crippen molar-refractivity contribution in [3.05, 3.63) is 59.7 Å². The molecule has 0 aliphatic rings. The first kappa shape index (κ1) is 21.0. The van der Waals surface area contributed by atoms with E-state index in [-0.39, 0.29) is 16.0 Å². The Hall–Kier alpha value is -2.74. The average molecular weight is 417 g/mol. The molecule has 29 heavy (non-hydrogen) atoms. The van der Waals surface area contributed by atoms with Crippen LogP contribution in [0.5, 0.6) is 0 Å². The van der Waals surface area contributed by atoms with Gasteiger partial charge in [-0.2, -0.15) is 0 Å². The molecular weight excluding hydrogens is 391 g/mol. The topological polar surface area (TPSA) is 76.9 Å². The Balaban J connectivity index is 2.02. The second kappa shape index (κ2) is 7.59. The summed E-state index contributed by atoms with van der Waals surface area (Å²) >= 11 is 0. The summed E-state index contributed by atoms with van der Waals surface area (Å²) in [4.78, 5) is 0.105. The lowest BCUT2D eigenvalue weighted by Crippen LogP contribution is -2.16. The van der Waals surface area contributed by atoms with E-state index in [2.05, 4.69) is 35.7 Å². The lowest BCUT2D eigenvalue weighted by Gasteiger charge is -2.19. The van der Waals surface area contributed by atoms with Gasteiger partial charge in [0.15, 0.2) is 5.82 Å². The highest BCUT2D eigenvalue weighted by Gasteiger charge is 2.21. The fourth-order valence-corrected chi connectivity index (χ4v) is 4.16. The molecule has 8 heteroatoms. The summed E-state index contributed by atoms with van der Waals surface area (Å²) in [7, 11) is -3.91. The maximum atomic E-state index is 13.9. The quantitative estimate of drug-likeness (QED) is 0.664. The van der Waals surface area contributed by atoms with Crippen molar-refractivity contribution in [3.63, 3.8) is 0 Å². The summed E-state index contributed by atoms with van der Waals surface area (Å²) in [5.74, 6) is 0.623. The molecule has 0 unspecified atom stereocenters. The normalized spacial score (nSPS) is 12.2. The Morgan fingerprint density at radius 2 is 1.72 bits per heavy atom. The standard InChI is InChI=1S/C21H25FN4O2S/c1-6-26-14(2)23-24-20(26)18-12-9-16(22)13-19(18)25-29(27,28)17-10-7-15(8-11-17)21(3,4)5/h7-13,25H,6H2,1-5H3. The van der Waals surface area contributed by atoms with Gasteiger partial charge in [0.05, 0.1) is 10.6 Å². The summed E-state index contributed by atoms with van der Waals surface area (Å²) < 4.78 is 44.2. The smallest absolute Gasteiger partial charge is 0.261 e. The van der Waals surface area contributed by atoms with E-state index in [4.69, 9.17) is 0 Å². The Labute approximate surface area is 170 Å². The van der Waals surface area contributed by atoms with Gasteiger partial charge in [-0.3, -0.25) is 4.72 Å². The van der Waals surface area contributed by atoms with Crippen LogP contribution in [0.15, 0.2) is 47.4 Å². The number of aryl methyl sites for hydroxylation is 1. The number of sulfonamides is 1. The zero-order chi connectivity index (χ0) is 21.4. The van der Waals surface area contributed by atoms with E-state index in [0.717, 1.165) is 11.6 Å². The van der Waals surface area contributed by atoms with E-state index in [9.17, 15) is 12.8 Å². The summed E-state index contributed by atoms with van der Waals surface area (Å²) in [6.45, 7) is 10.5. The molecule has 0 saturated carbocycles. The molecule has 0 radical (unpaired) electrons. The first-order valence-corrected chi connectivity index (χ1v) is 10.8. The number of nitrogens with one attached hydrogen (secondary N) is 1. The first-order chi connectivity index (χ1) is 13.5. The lowest BCUT2D eigenvalue weighted by atomic mass is 9.87. The summed E-state index contributed by atoms with van der Waals surface area (Å²) in [5.41, 5.74) is 1.51. The molecule has 2 aromatic carbocycles. The van der Waals surface area contributed by atoms with Crippen LogP contribution in [0.1, 0.15) is 39.1 Å². The Kier molecular flexibility index (Phi) is 5.49. The highest BCUT2D eigenvalue weighted by molar-refractivity contribution is 7.92. The molecule has 0 aliphatic carbocycles. The molecule has 0 amide bonds. The fraction of sp³-hybridized carbons (Fsp3) is 0.333. The highest BCUT2D eigenvalue weighted by atomic mass is 32.2. The van der Waals surface area contributed by atoms with Gasteiger partial charge in [0, 0.05) is 12.1 Å². The number of nitrogens with zero attached hydrogens (tertiary/aromatic N) is 3. The second-order valence-corrected chi connectivity index (χ2v) is 9.57. The summed E-state index contributed by atoms with van der Waals surface area (Å²) in [6.07, 6.45) is 0. The minimum Gasteiger partial charge on any atom is -0.311 e. The number of anilines is 1. The van der Waals surface area contributed by atoms with Crippen molar-refractivity contribution in [2.24, 2.45) is 0 Å². The average Bonchev–Trinajstić information content (AvgIpc) is 3.01. The monoisotopic (exact) mass is 416 g/mol. The second-order valence-electron chi connectivity index (χ2n) is 7.88. The first-order valence-electron chi connectivity index (χ1n) is 9.36. The number of benzene rings is 2. The van der Waals surface area contributed by atoms with Gasteiger partial charge in [-0.05, 0) is 55.2 Å². The molecular formula is C21H25FN4O2S. The molecule has 0 spiro atoms. The Morgan fingerprint density at radius 1 is 1.07 bits per heavy atom. The molecule has 1 heterocycles. The molecule has 6 nitrogen and oxygen atoms in total. The van der Waals surface area contributed by atoms with Crippen molar-refractivity contribution in [1.82, 2.24) is 14.8 Å². The molecule has 1 aromatic heterocycles. The molecule has 0 bridgehead atoms. The van der Waals surface area contributed by atoms with Crippen molar-refractivity contribution in [3.8, 4) is 11.4 Å². The van der Waals surface area contributed by atoms with Gasteiger partial charge >= 0.3 is 0 Å². The molecule has 3 rings (SSSR count). The van der Waals surface area contributed by atoms with Crippen LogP contribution in [0.25, 0.3) is 11.4 Å². The van der Waals surface area contributed by atoms with Crippen molar-refractivity contribution < 1.29 is 12.8 Å². The summed E-state index contributed by atoms with van der Waals surface area (Å²) in [5, 5.41) is 8.20. The van der Waals surface area contributed by atoms with Crippen molar-refractivity contribution in [2.75, 3.05) is 4.72 Å². The van der Waals surface area contributed by atoms with E-state index < -0.39 is 15.8 Å². The Morgan fingerprint density at radius 3 is 2.31 bits per heavy atom. The molecule has 0 aliphatic heterocycles. The summed E-state index contributed by atoms with van der Waals surface area (Å²) in [6, 6.07) is 10.6. The largest absolute Gasteiger partial charge is 0.311 e. The fourth-order valence-electron chi connectivity index (χ4n) is 3.09. The van der Waals surface area contributed by atoms with Gasteiger partial charge in [0.25, 0.3) is 10.0 Å². The van der Waals surface area contributed by atoms with Gasteiger partial charge in [-0.1, -0.05) is 32.9 Å². The molecule has 0 atom stereocenters. The SMILES string of the molecule is CCn1c(C)nnc1-c1ccc(F)cc1NS(=O)(=O)c1ccc(C(C)(C)C)cc1. The van der Waals surface area contributed by atoms with Crippen LogP contribution < -0.4 is 4.72 Å². The highest BCUT2D eigenvalue weighted by Crippen LogP contribution is 2.30. The van der Waals surface area contributed by atoms with E-state index in [1.807, 2.05) is 18.4 Å². The van der Waals surface area contributed by atoms with Crippen LogP contribution in [0.3, 0.4) is 0 Å². The van der Waals surface area contributed by atoms with Gasteiger partial charge < -0.3 is 4.57 Å². The lowest BCUT2D eigenvalue weighted by molar-refractivity contribution is 0.587. The van der Waals surface area contributed by atoms with Gasteiger partial charge in [-0.25, -0.2) is 12.8 Å². The van der Waals surface area contributed by atoms with Gasteiger partial charge in [-0.15, -0.1) is 10.2 Å². The van der Waals surface area contributed by atoms with Gasteiger partial charge in [0.1, 0.15) is 11.6 Å². The molecule has 154 valence electrons. The van der Waals surface area contributed by atoms with Crippen LogP contribution in [-0.4, -0.2) is 23.2 Å². The predicted octanol–water partition coefficient (Wildman–Crippen LogP) is 4.51. The Bertz CT molecular complexity index is 1130. The van der Waals surface area contributed by atoms with E-state index >= 15 is 0 Å². The predicted molar refractivity (Wildman–Crippen MR) is 112 cm³/mol. The van der Waals surface area contributed by atoms with Crippen LogP contribution in [0.4, 0.5) is 10.1 Å². The number of hydrogen-bond acceptors (Lipinski definition) is 4. The van der Waals surface area contributed by atoms with E-state index in [0.29, 0.717) is 23.8 Å². The van der Waals surface area contributed by atoms with Crippen molar-refractivity contribution in [2.45, 2.75) is 51.5 Å². The molecule has 1 N–H and O–H groups in total. The maximum absolute atomic E-state index is 13.9. The van der Waals surface area contributed by atoms with Crippen LogP contribution >= 0.6 is 0 Å². The third kappa shape index (κ3) is 4.32. The molecule has 3 aromatic rings. The third-order valence-corrected chi connectivity index (χ3v) is 6.13. The zero-order valence-corrected chi connectivity index (χ0v) is 18.0. The van der Waals surface area contributed by atoms with Crippen LogP contribution in [0, 0.1) is 12.7 Å². The van der Waals surface area contributed by atoms with Gasteiger partial charge in [0.2, 0.25) is 0 Å². The van der Waals surface area contributed by atoms with Crippen molar-refractivity contribution >= 4 is 15.7 Å². The number of aromatic nitrogens is 3. The third-order valence-electron chi connectivity index (χ3n) is 4.75. The molecule has 0 fully saturated rings. The van der Waals surface area contributed by atoms with Crippen LogP contribution in [0.2, 0.25) is 0 Å². The maximum Gasteiger partial charge on any atom is 0.261 e. The number of halogens is 1. The minimum atomic E-state index is -3.91. The van der Waals surface area contributed by atoms with E-state index in [1.165, 1.54) is 12.1 Å². The molecule has 0 saturated heterocycles. The van der Waals surface area contributed by atoms with Crippen LogP contribution in [-0.2, 0) is 22.0 Å². The number of rotatable bonds is 5. The minimum absolute atomic E-state index is 0.0897. The van der Waals surface area contributed by atoms with E-state index in [1.54, 1.807) is 24.3 Å².